The van der Waals surface area contributed by atoms with E-state index in [2.05, 4.69) is 17.0 Å². The van der Waals surface area contributed by atoms with Gasteiger partial charge in [-0.25, -0.2) is 8.42 Å². The van der Waals surface area contributed by atoms with E-state index >= 15 is 0 Å². The van der Waals surface area contributed by atoms with Crippen molar-refractivity contribution in [2.24, 2.45) is 5.92 Å². The number of aryl methyl sites for hydroxylation is 1. The maximum atomic E-state index is 12.5. The Labute approximate surface area is 177 Å². The van der Waals surface area contributed by atoms with E-state index in [-0.39, 0.29) is 29.0 Å². The van der Waals surface area contributed by atoms with Crippen molar-refractivity contribution in [3.8, 4) is 0 Å². The van der Waals surface area contributed by atoms with Gasteiger partial charge in [-0.3, -0.25) is 14.3 Å². The Morgan fingerprint density at radius 3 is 2.33 bits per heavy atom. The number of carbonyl (C=O) groups excluding carboxylic acids is 2. The molecule has 7 nitrogen and oxygen atoms in total. The van der Waals surface area contributed by atoms with Gasteiger partial charge >= 0.3 is 0 Å². The van der Waals surface area contributed by atoms with Gasteiger partial charge in [0, 0.05) is 30.9 Å². The fourth-order valence-electron chi connectivity index (χ4n) is 3.31. The molecular weight excluding hydrogens is 402 g/mol. The summed E-state index contributed by atoms with van der Waals surface area (Å²) in [4.78, 5) is 26.4. The summed E-state index contributed by atoms with van der Waals surface area (Å²) in [7, 11) is -3.72. The third-order valence-electron chi connectivity index (χ3n) is 5.10. The summed E-state index contributed by atoms with van der Waals surface area (Å²) in [6.07, 6.45) is 2.13. The van der Waals surface area contributed by atoms with E-state index in [1.807, 2.05) is 19.1 Å². The number of sulfonamides is 1. The van der Waals surface area contributed by atoms with Crippen LogP contribution in [-0.4, -0.2) is 38.2 Å². The van der Waals surface area contributed by atoms with E-state index < -0.39 is 10.0 Å². The molecule has 2 aromatic carbocycles. The molecule has 1 saturated heterocycles. The molecule has 2 N–H and O–H groups in total. The number of hydrogen-bond donors (Lipinski definition) is 2. The number of nitrogens with zero attached hydrogens (tertiary/aromatic N) is 1. The molecule has 2 aromatic rings. The molecule has 1 unspecified atom stereocenters. The second kappa shape index (κ2) is 9.30. The Morgan fingerprint density at radius 1 is 1.07 bits per heavy atom. The summed E-state index contributed by atoms with van der Waals surface area (Å²) < 4.78 is 27.6. The Morgan fingerprint density at radius 2 is 1.70 bits per heavy atom. The zero-order valence-corrected chi connectivity index (χ0v) is 18.0. The van der Waals surface area contributed by atoms with Gasteiger partial charge in [-0.1, -0.05) is 31.0 Å². The van der Waals surface area contributed by atoms with Gasteiger partial charge < -0.3 is 10.2 Å². The zero-order chi connectivity index (χ0) is 21.7. The average molecular weight is 430 g/mol. The number of amides is 2. The summed E-state index contributed by atoms with van der Waals surface area (Å²) >= 11 is 0. The lowest BCUT2D eigenvalue weighted by molar-refractivity contribution is -0.128. The fraction of sp³-hybridized carbons (Fsp3) is 0.364. The van der Waals surface area contributed by atoms with Crippen molar-refractivity contribution < 1.29 is 18.0 Å². The van der Waals surface area contributed by atoms with Crippen molar-refractivity contribution >= 4 is 33.2 Å². The van der Waals surface area contributed by atoms with Crippen molar-refractivity contribution in [3.63, 3.8) is 0 Å². The molecule has 30 heavy (non-hydrogen) atoms. The lowest BCUT2D eigenvalue weighted by Crippen LogP contribution is -2.29. The van der Waals surface area contributed by atoms with Gasteiger partial charge in [0.1, 0.15) is 0 Å². The second-order valence-corrected chi connectivity index (χ2v) is 9.26. The highest BCUT2D eigenvalue weighted by Crippen LogP contribution is 2.22. The Balaban J connectivity index is 1.61. The standard InChI is InChI=1S/C22H27N3O4S/c1-3-4-13-25-15-17(14-21(25)26)22(27)23-18-9-11-20(12-10-18)30(28,29)24-19-7-5-16(2)6-8-19/h5-12,17,24H,3-4,13-15H2,1-2H3,(H,23,27). The first-order valence-electron chi connectivity index (χ1n) is 10.1. The molecule has 0 saturated carbocycles. The first-order valence-corrected chi connectivity index (χ1v) is 11.5. The first-order chi connectivity index (χ1) is 14.3. The van der Waals surface area contributed by atoms with Gasteiger partial charge in [-0.2, -0.15) is 0 Å². The molecule has 8 heteroatoms. The molecule has 3 rings (SSSR count). The zero-order valence-electron chi connectivity index (χ0n) is 17.2. The van der Waals surface area contributed by atoms with E-state index in [9.17, 15) is 18.0 Å². The van der Waals surface area contributed by atoms with Gasteiger partial charge in [0.2, 0.25) is 11.8 Å². The van der Waals surface area contributed by atoms with Crippen LogP contribution in [0.2, 0.25) is 0 Å². The van der Waals surface area contributed by atoms with Crippen molar-refractivity contribution in [2.75, 3.05) is 23.1 Å². The van der Waals surface area contributed by atoms with Gasteiger partial charge in [-0.05, 0) is 49.7 Å². The van der Waals surface area contributed by atoms with Crippen LogP contribution in [0.3, 0.4) is 0 Å². The minimum Gasteiger partial charge on any atom is -0.342 e. The summed E-state index contributed by atoms with van der Waals surface area (Å²) in [6.45, 7) is 5.09. The number of likely N-dealkylation sites (tertiary alicyclic amines) is 1. The third kappa shape index (κ3) is 5.38. The highest BCUT2D eigenvalue weighted by atomic mass is 32.2. The highest BCUT2D eigenvalue weighted by molar-refractivity contribution is 7.92. The number of unbranched alkanes of at least 4 members (excludes halogenated alkanes) is 1. The molecule has 0 aromatic heterocycles. The molecule has 0 bridgehead atoms. The topological polar surface area (TPSA) is 95.6 Å². The van der Waals surface area contributed by atoms with Crippen LogP contribution in [-0.2, 0) is 19.6 Å². The molecule has 1 atom stereocenters. The van der Waals surface area contributed by atoms with Crippen molar-refractivity contribution in [3.05, 3.63) is 54.1 Å². The van der Waals surface area contributed by atoms with E-state index in [1.54, 1.807) is 29.2 Å². The van der Waals surface area contributed by atoms with Crippen LogP contribution in [0.1, 0.15) is 31.7 Å². The van der Waals surface area contributed by atoms with Crippen LogP contribution in [0.25, 0.3) is 0 Å². The van der Waals surface area contributed by atoms with Crippen molar-refractivity contribution in [2.45, 2.75) is 38.0 Å². The maximum Gasteiger partial charge on any atom is 0.261 e. The van der Waals surface area contributed by atoms with E-state index in [0.29, 0.717) is 24.5 Å². The monoisotopic (exact) mass is 429 g/mol. The largest absolute Gasteiger partial charge is 0.342 e. The number of nitrogens with one attached hydrogen (secondary N) is 2. The van der Waals surface area contributed by atoms with E-state index in [4.69, 9.17) is 0 Å². The Bertz CT molecular complexity index is 1000. The highest BCUT2D eigenvalue weighted by Gasteiger charge is 2.33. The third-order valence-corrected chi connectivity index (χ3v) is 6.50. The lowest BCUT2D eigenvalue weighted by atomic mass is 10.1. The molecule has 160 valence electrons. The Hall–Kier alpha value is -2.87. The predicted molar refractivity (Wildman–Crippen MR) is 117 cm³/mol. The number of benzene rings is 2. The lowest BCUT2D eigenvalue weighted by Gasteiger charge is -2.16. The molecule has 2 amide bonds. The minimum absolute atomic E-state index is 0.00669. The summed E-state index contributed by atoms with van der Waals surface area (Å²) in [5, 5.41) is 2.78. The van der Waals surface area contributed by atoms with E-state index in [1.165, 1.54) is 12.1 Å². The van der Waals surface area contributed by atoms with Crippen LogP contribution in [0.4, 0.5) is 11.4 Å². The molecule has 1 fully saturated rings. The minimum atomic E-state index is -3.72. The van der Waals surface area contributed by atoms with Gasteiger partial charge in [-0.15, -0.1) is 0 Å². The van der Waals surface area contributed by atoms with Crippen molar-refractivity contribution in [1.82, 2.24) is 4.90 Å². The Kier molecular flexibility index (Phi) is 6.77. The van der Waals surface area contributed by atoms with Crippen LogP contribution < -0.4 is 10.0 Å². The summed E-state index contributed by atoms with van der Waals surface area (Å²) in [5.74, 6) is -0.607. The molecule has 1 aliphatic rings. The number of hydrogen-bond acceptors (Lipinski definition) is 4. The van der Waals surface area contributed by atoms with Gasteiger partial charge in [0.05, 0.1) is 10.8 Å². The van der Waals surface area contributed by atoms with Crippen LogP contribution in [0.5, 0.6) is 0 Å². The quantitative estimate of drug-likeness (QED) is 0.672. The SMILES string of the molecule is CCCCN1CC(C(=O)Nc2ccc(S(=O)(=O)Nc3ccc(C)cc3)cc2)CC1=O. The predicted octanol–water partition coefficient (Wildman–Crippen LogP) is 3.38. The van der Waals surface area contributed by atoms with Crippen molar-refractivity contribution in [1.29, 1.82) is 0 Å². The molecule has 0 radical (unpaired) electrons. The normalized spacial score (nSPS) is 16.5. The fourth-order valence-corrected chi connectivity index (χ4v) is 4.37. The number of rotatable bonds is 8. The van der Waals surface area contributed by atoms with Gasteiger partial charge in [0.25, 0.3) is 10.0 Å². The summed E-state index contributed by atoms with van der Waals surface area (Å²) in [5.41, 5.74) is 2.01. The van der Waals surface area contributed by atoms with Crippen LogP contribution >= 0.6 is 0 Å². The molecule has 1 heterocycles. The smallest absolute Gasteiger partial charge is 0.261 e. The summed E-state index contributed by atoms with van der Waals surface area (Å²) in [6, 6.07) is 13.0. The number of anilines is 2. The molecular formula is C22H27N3O4S. The van der Waals surface area contributed by atoms with Crippen LogP contribution in [0, 0.1) is 12.8 Å². The average Bonchev–Trinajstić information content (AvgIpc) is 3.09. The maximum absolute atomic E-state index is 12.5. The molecule has 1 aliphatic heterocycles. The molecule has 0 spiro atoms. The second-order valence-electron chi connectivity index (χ2n) is 7.58. The first kappa shape index (κ1) is 21.8. The number of carbonyl (C=O) groups is 2. The van der Waals surface area contributed by atoms with E-state index in [0.717, 1.165) is 18.4 Å². The van der Waals surface area contributed by atoms with Gasteiger partial charge in [0.15, 0.2) is 0 Å². The molecule has 0 aliphatic carbocycles. The van der Waals surface area contributed by atoms with Crippen LogP contribution in [0.15, 0.2) is 53.4 Å².